The number of fused-ring (bicyclic) bond motifs is 1. The summed E-state index contributed by atoms with van der Waals surface area (Å²) < 4.78 is 2.76. The molecule has 0 saturated carbocycles. The van der Waals surface area contributed by atoms with E-state index in [1.54, 1.807) is 4.68 Å². The molecule has 1 unspecified atom stereocenters. The van der Waals surface area contributed by atoms with E-state index in [-0.39, 0.29) is 10.8 Å². The predicted octanol–water partition coefficient (Wildman–Crippen LogP) is 3.67. The number of nitrogens with one attached hydrogen (secondary N) is 1. The zero-order valence-corrected chi connectivity index (χ0v) is 18.4. The van der Waals surface area contributed by atoms with Crippen LogP contribution in [0.4, 0.5) is 5.69 Å². The summed E-state index contributed by atoms with van der Waals surface area (Å²) in [6.07, 6.45) is 5.34. The molecule has 1 aliphatic rings. The molecule has 0 radical (unpaired) electrons. The number of piperidine rings is 1. The molecule has 4 aromatic rings. The maximum atomic E-state index is 11.6. The van der Waals surface area contributed by atoms with Gasteiger partial charge in [0.05, 0.1) is 33.4 Å². The molecule has 4 heterocycles. The number of thiazole rings is 1. The first-order valence-corrected chi connectivity index (χ1v) is 11.3. The van der Waals surface area contributed by atoms with Crippen molar-refractivity contribution in [2.75, 3.05) is 18.0 Å². The third kappa shape index (κ3) is 4.00. The first-order chi connectivity index (χ1) is 14.9. The van der Waals surface area contributed by atoms with Crippen LogP contribution in [0.3, 0.4) is 0 Å². The number of aromatic amines is 1. The Labute approximate surface area is 184 Å². The van der Waals surface area contributed by atoms with Gasteiger partial charge in [-0.3, -0.25) is 4.79 Å². The predicted molar refractivity (Wildman–Crippen MR) is 123 cm³/mol. The Kier molecular flexibility index (Phi) is 4.91. The van der Waals surface area contributed by atoms with Crippen molar-refractivity contribution in [3.63, 3.8) is 0 Å². The Morgan fingerprint density at radius 2 is 2.00 bits per heavy atom. The molecule has 1 aliphatic heterocycles. The van der Waals surface area contributed by atoms with Gasteiger partial charge in [0, 0.05) is 25.2 Å². The van der Waals surface area contributed by atoms with Crippen LogP contribution in [-0.4, -0.2) is 43.5 Å². The molecule has 8 heteroatoms. The van der Waals surface area contributed by atoms with E-state index in [9.17, 15) is 9.90 Å². The van der Waals surface area contributed by atoms with Crippen LogP contribution in [0.5, 0.6) is 0 Å². The molecule has 1 saturated heterocycles. The van der Waals surface area contributed by atoms with E-state index in [2.05, 4.69) is 33.9 Å². The molecule has 1 fully saturated rings. The monoisotopic (exact) mass is 435 g/mol. The minimum atomic E-state index is -0.560. The molecule has 2 N–H and O–H groups in total. The standard InChI is InChI=1S/C23H25N5O2S/c1-15(16-3-5-19-20(13-16)31-22(29)25-19)18-7-10-28(26-18)21-6-4-17(14-24-21)27-11-8-23(2,30)9-12-27/h3-7,10,13-15,30H,8-9,11-12H2,1-2H3,(H,25,29). The van der Waals surface area contributed by atoms with Gasteiger partial charge in [-0.25, -0.2) is 9.67 Å². The summed E-state index contributed by atoms with van der Waals surface area (Å²) >= 11 is 1.23. The minimum absolute atomic E-state index is 0.0338. The molecule has 0 amide bonds. The van der Waals surface area contributed by atoms with Gasteiger partial charge in [0.15, 0.2) is 5.82 Å². The zero-order chi connectivity index (χ0) is 21.6. The quantitative estimate of drug-likeness (QED) is 0.511. The largest absolute Gasteiger partial charge is 0.390 e. The first-order valence-electron chi connectivity index (χ1n) is 10.5. The van der Waals surface area contributed by atoms with Crippen molar-refractivity contribution in [3.8, 4) is 5.82 Å². The lowest BCUT2D eigenvalue weighted by Gasteiger charge is -2.36. The van der Waals surface area contributed by atoms with Crippen LogP contribution < -0.4 is 9.77 Å². The van der Waals surface area contributed by atoms with Gasteiger partial charge in [-0.15, -0.1) is 0 Å². The third-order valence-corrected chi connectivity index (χ3v) is 7.02. The van der Waals surface area contributed by atoms with Gasteiger partial charge in [-0.05, 0) is 55.7 Å². The zero-order valence-electron chi connectivity index (χ0n) is 17.6. The highest BCUT2D eigenvalue weighted by atomic mass is 32.1. The van der Waals surface area contributed by atoms with Crippen molar-refractivity contribution in [2.24, 2.45) is 0 Å². The number of pyridine rings is 1. The van der Waals surface area contributed by atoms with Gasteiger partial charge in [-0.2, -0.15) is 5.10 Å². The van der Waals surface area contributed by atoms with E-state index in [4.69, 9.17) is 5.10 Å². The van der Waals surface area contributed by atoms with Gasteiger partial charge in [0.25, 0.3) is 0 Å². The summed E-state index contributed by atoms with van der Waals surface area (Å²) in [7, 11) is 0. The van der Waals surface area contributed by atoms with Crippen molar-refractivity contribution in [1.82, 2.24) is 19.7 Å². The molecule has 0 spiro atoms. The van der Waals surface area contributed by atoms with Crippen molar-refractivity contribution in [2.45, 2.75) is 38.2 Å². The SMILES string of the molecule is CC(c1ccc2[nH]c(=O)sc2c1)c1ccn(-c2ccc(N3CCC(C)(O)CC3)cn2)n1. The van der Waals surface area contributed by atoms with Crippen LogP contribution in [0, 0.1) is 0 Å². The van der Waals surface area contributed by atoms with Crippen LogP contribution in [0.1, 0.15) is 43.9 Å². The molecular weight excluding hydrogens is 410 g/mol. The number of H-pyrrole nitrogens is 1. The first kappa shape index (κ1) is 20.0. The van der Waals surface area contributed by atoms with Crippen molar-refractivity contribution in [1.29, 1.82) is 0 Å². The normalized spacial score (nSPS) is 17.2. The number of rotatable bonds is 4. The summed E-state index contributed by atoms with van der Waals surface area (Å²) in [5, 5.41) is 14.9. The highest BCUT2D eigenvalue weighted by molar-refractivity contribution is 7.16. The Bertz CT molecular complexity index is 1260. The van der Waals surface area contributed by atoms with Crippen LogP contribution >= 0.6 is 11.3 Å². The second kappa shape index (κ2) is 7.62. The summed E-state index contributed by atoms with van der Waals surface area (Å²) in [5.41, 5.74) is 3.45. The van der Waals surface area contributed by atoms with E-state index in [1.807, 2.05) is 43.6 Å². The molecule has 0 bridgehead atoms. The number of anilines is 1. The molecular formula is C23H25N5O2S. The van der Waals surface area contributed by atoms with E-state index in [0.29, 0.717) is 0 Å². The Hall–Kier alpha value is -2.97. The summed E-state index contributed by atoms with van der Waals surface area (Å²) in [4.78, 5) is 21.3. The molecule has 31 heavy (non-hydrogen) atoms. The number of aliphatic hydroxyl groups is 1. The molecule has 5 rings (SSSR count). The smallest absolute Gasteiger partial charge is 0.305 e. The van der Waals surface area contributed by atoms with Crippen LogP contribution in [0.2, 0.25) is 0 Å². The number of hydrogen-bond donors (Lipinski definition) is 2. The van der Waals surface area contributed by atoms with E-state index in [1.165, 1.54) is 11.3 Å². The van der Waals surface area contributed by atoms with Gasteiger partial charge in [0.2, 0.25) is 0 Å². The summed E-state index contributed by atoms with van der Waals surface area (Å²) in [5.74, 6) is 0.869. The fraction of sp³-hybridized carbons (Fsp3) is 0.348. The average molecular weight is 436 g/mol. The number of hydrogen-bond acceptors (Lipinski definition) is 6. The Morgan fingerprint density at radius 3 is 2.74 bits per heavy atom. The number of aromatic nitrogens is 4. The molecule has 0 aliphatic carbocycles. The van der Waals surface area contributed by atoms with Gasteiger partial charge >= 0.3 is 4.87 Å². The van der Waals surface area contributed by atoms with Crippen molar-refractivity contribution in [3.05, 3.63) is 69.7 Å². The van der Waals surface area contributed by atoms with E-state index >= 15 is 0 Å². The summed E-state index contributed by atoms with van der Waals surface area (Å²) in [6, 6.07) is 12.1. The maximum absolute atomic E-state index is 11.6. The topological polar surface area (TPSA) is 87.0 Å². The lowest BCUT2D eigenvalue weighted by Crippen LogP contribution is -2.42. The third-order valence-electron chi connectivity index (χ3n) is 6.17. The van der Waals surface area contributed by atoms with E-state index < -0.39 is 5.60 Å². The van der Waals surface area contributed by atoms with Gasteiger partial charge in [-0.1, -0.05) is 24.3 Å². The van der Waals surface area contributed by atoms with Crippen LogP contribution in [0.25, 0.3) is 16.0 Å². The highest BCUT2D eigenvalue weighted by Crippen LogP contribution is 2.28. The molecule has 1 aromatic carbocycles. The minimum Gasteiger partial charge on any atom is -0.390 e. The number of nitrogens with zero attached hydrogens (tertiary/aromatic N) is 4. The molecule has 160 valence electrons. The van der Waals surface area contributed by atoms with Crippen molar-refractivity contribution >= 4 is 27.2 Å². The summed E-state index contributed by atoms with van der Waals surface area (Å²) in [6.45, 7) is 5.68. The molecule has 3 aromatic heterocycles. The van der Waals surface area contributed by atoms with Gasteiger partial charge in [0.1, 0.15) is 0 Å². The van der Waals surface area contributed by atoms with E-state index in [0.717, 1.165) is 58.9 Å². The fourth-order valence-electron chi connectivity index (χ4n) is 4.05. The lowest BCUT2D eigenvalue weighted by atomic mass is 9.94. The average Bonchev–Trinajstić information content (AvgIpc) is 3.39. The second-order valence-electron chi connectivity index (χ2n) is 8.54. The second-order valence-corrected chi connectivity index (χ2v) is 9.55. The van der Waals surface area contributed by atoms with Crippen LogP contribution in [-0.2, 0) is 0 Å². The molecule has 1 atom stereocenters. The molecule has 7 nitrogen and oxygen atoms in total. The van der Waals surface area contributed by atoms with Crippen molar-refractivity contribution < 1.29 is 5.11 Å². The van der Waals surface area contributed by atoms with Gasteiger partial charge < -0.3 is 15.0 Å². The van der Waals surface area contributed by atoms with Crippen LogP contribution in [0.15, 0.2) is 53.6 Å². The highest BCUT2D eigenvalue weighted by Gasteiger charge is 2.27. The Morgan fingerprint density at radius 1 is 1.19 bits per heavy atom. The maximum Gasteiger partial charge on any atom is 0.305 e. The Balaban J connectivity index is 1.33. The lowest BCUT2D eigenvalue weighted by molar-refractivity contribution is 0.0351. The fourth-order valence-corrected chi connectivity index (χ4v) is 4.83. The number of benzene rings is 1.